The number of rotatable bonds is 13. The van der Waals surface area contributed by atoms with Gasteiger partial charge in [0, 0.05) is 49.5 Å². The van der Waals surface area contributed by atoms with E-state index in [0.717, 1.165) is 23.2 Å². The van der Waals surface area contributed by atoms with Gasteiger partial charge in [-0.15, -0.1) is 0 Å². The number of likely N-dealkylation sites (tertiary alicyclic amines) is 1. The van der Waals surface area contributed by atoms with Crippen LogP contribution in [0.5, 0.6) is 0 Å². The van der Waals surface area contributed by atoms with Crippen LogP contribution in [-0.2, 0) is 22.2 Å². The van der Waals surface area contributed by atoms with Crippen molar-refractivity contribution in [2.75, 3.05) is 19.6 Å². The van der Waals surface area contributed by atoms with Crippen molar-refractivity contribution in [3.63, 3.8) is 0 Å². The van der Waals surface area contributed by atoms with Gasteiger partial charge in [0.25, 0.3) is 5.56 Å². The van der Waals surface area contributed by atoms with Gasteiger partial charge >= 0.3 is 87.2 Å². The second kappa shape index (κ2) is 24.6. The average Bonchev–Trinajstić information content (AvgIpc) is 3.03. The third-order valence-corrected chi connectivity index (χ3v) is 8.33. The van der Waals surface area contributed by atoms with E-state index >= 15 is 0 Å². The van der Waals surface area contributed by atoms with Gasteiger partial charge in [-0.05, 0) is 73.8 Å². The molecule has 0 saturated carbocycles. The van der Waals surface area contributed by atoms with Crippen LogP contribution >= 0.6 is 0 Å². The first kappa shape index (κ1) is 55.9. The average molecular weight is 926 g/mol. The van der Waals surface area contributed by atoms with Crippen molar-refractivity contribution in [2.45, 2.75) is 99.5 Å². The number of aliphatic carboxylic acids is 1. The Balaban J connectivity index is 0. The topological polar surface area (TPSA) is 106 Å². The van der Waals surface area contributed by atoms with E-state index in [-0.39, 0.29) is 99.8 Å². The van der Waals surface area contributed by atoms with Crippen molar-refractivity contribution in [1.82, 2.24) is 9.47 Å². The maximum Gasteiger partial charge on any atom is 1.00 e. The molecule has 1 aliphatic heterocycles. The summed E-state index contributed by atoms with van der Waals surface area (Å²) >= 11 is 0. The molecule has 0 radical (unpaired) electrons. The number of nitrogens with zero attached hydrogens (tertiary/aromatic N) is 2. The number of hydrogen-bond donors (Lipinski definition) is 2. The molecule has 2 aromatic rings. The number of carboxylic acid groups (broad SMARTS) is 1. The molecule has 0 spiro atoms. The molecule has 1 aromatic carbocycles. The molecule has 1 aromatic heterocycles. The Morgan fingerprint density at radius 3 is 1.93 bits per heavy atom. The van der Waals surface area contributed by atoms with E-state index < -0.39 is 77.0 Å². The van der Waals surface area contributed by atoms with Crippen LogP contribution in [0.15, 0.2) is 59.1 Å². The molecule has 0 aliphatic carbocycles. The maximum absolute atomic E-state index is 14.6. The molecule has 7 nitrogen and oxygen atoms in total. The van der Waals surface area contributed by atoms with Crippen LogP contribution in [0, 0.1) is 40.0 Å². The van der Waals surface area contributed by atoms with Crippen molar-refractivity contribution >= 4 is 17.4 Å². The molecule has 1 fully saturated rings. The number of allylic oxidation sites excluding steroid dienone is 5. The quantitative estimate of drug-likeness (QED) is 0.128. The number of hydrogen-bond acceptors (Lipinski definition) is 4. The van der Waals surface area contributed by atoms with E-state index in [4.69, 9.17) is 10.8 Å². The fourth-order valence-electron chi connectivity index (χ4n) is 5.98. The van der Waals surface area contributed by atoms with Crippen LogP contribution in [0.3, 0.4) is 0 Å². The van der Waals surface area contributed by atoms with Crippen LogP contribution in [0.4, 0.5) is 35.1 Å². The second-order valence-electron chi connectivity index (χ2n) is 13.6. The summed E-state index contributed by atoms with van der Waals surface area (Å²) < 4.78 is 108. The van der Waals surface area contributed by atoms with E-state index in [1.54, 1.807) is 32.9 Å². The van der Waals surface area contributed by atoms with Crippen LogP contribution in [0.1, 0.15) is 93.3 Å². The zero-order chi connectivity index (χ0) is 41.9. The number of benzene rings is 1. The first-order chi connectivity index (χ1) is 24.8. The summed E-state index contributed by atoms with van der Waals surface area (Å²) in [5.74, 6) is -4.40. The molecule has 1 amide bonds. The third-order valence-electron chi connectivity index (χ3n) is 8.33. The van der Waals surface area contributed by atoms with Crippen LogP contribution in [0.25, 0.3) is 5.57 Å². The predicted octanol–water partition coefficient (Wildman–Crippen LogP) is 7.04. The maximum atomic E-state index is 14.6. The molecule has 1 aliphatic rings. The van der Waals surface area contributed by atoms with Gasteiger partial charge < -0.3 is 27.7 Å². The summed E-state index contributed by atoms with van der Waals surface area (Å²) in [6.45, 7) is 19.8. The number of primary amides is 1. The van der Waals surface area contributed by atoms with Gasteiger partial charge in [-0.3, -0.25) is 14.4 Å². The number of nitrogens with two attached hydrogens (primary N) is 1. The van der Waals surface area contributed by atoms with Crippen molar-refractivity contribution in [1.29, 1.82) is 0 Å². The van der Waals surface area contributed by atoms with E-state index in [0.29, 0.717) is 42.2 Å². The summed E-state index contributed by atoms with van der Waals surface area (Å²) in [5.41, 5.74) is 3.54. The number of carbonyl (C=O) groups is 2. The summed E-state index contributed by atoms with van der Waals surface area (Å²) in [5, 5.41) is 8.58. The Kier molecular flexibility index (Phi) is 24.6. The normalized spacial score (nSPS) is 14.4. The van der Waals surface area contributed by atoms with Crippen molar-refractivity contribution in [3.8, 4) is 0 Å². The molecule has 56 heavy (non-hydrogen) atoms. The zero-order valence-corrected chi connectivity index (χ0v) is 40.2. The van der Waals surface area contributed by atoms with Gasteiger partial charge in [-0.2, -0.15) is 26.3 Å². The Morgan fingerprint density at radius 1 is 1.00 bits per heavy atom. The number of alkyl halides is 6. The summed E-state index contributed by atoms with van der Waals surface area (Å²) in [6, 6.07) is 2.90. The molecule has 3 N–H and O–H groups in total. The number of pyridine rings is 1. The fraction of sp³-hybridized carbons (Fsp3) is 0.500. The SMILES string of the molecule is C=C(/C=C(\C(F)=C(/F)CCC(=O)O)c1c(C)cc(C)cc1C)C(F)(F)F.CC.CC(C)CC(C(N)=O)n1cc(CCN2CC(C)C2)c(C(F)(F)F)cc1=O.[CH3-].[Cs+]. The predicted molar refractivity (Wildman–Crippen MR) is 200 cm³/mol. The molecule has 0 bridgehead atoms. The Labute approximate surface area is 383 Å². The molecule has 16 heteroatoms. The van der Waals surface area contributed by atoms with Crippen molar-refractivity contribution < 1.29 is 119 Å². The minimum Gasteiger partial charge on any atom is -0.481 e. The standard InChI is InChI=1S/C19H19F5O2.C18H26F3N3O2.C2H6.CH3.Cs/c1-10-7-11(2)17(12(3)8-10)14(9-13(4)19(22,23)24)18(21)15(20)5-6-16(25)26;1-11(2)6-15(17(22)26)24-10-13(4-5-23-8-12(3)9-23)14(7-16(24)25)18(19,20)21;1-2;;/h7-9H,4-6H2,1-3H3,(H,25,26);7,10-12,15H,4-6,8-9H2,1-3H3,(H2,22,26);1-2H3;1H3;/q;;;-1;+1/b14-9-,18-15+;;;;. The first-order valence-electron chi connectivity index (χ1n) is 17.5. The van der Waals surface area contributed by atoms with Crippen LogP contribution in [0.2, 0.25) is 0 Å². The van der Waals surface area contributed by atoms with Gasteiger partial charge in [0.1, 0.15) is 11.9 Å². The Morgan fingerprint density at radius 2 is 1.52 bits per heavy atom. The number of carboxylic acids is 1. The first-order valence-corrected chi connectivity index (χ1v) is 17.5. The van der Waals surface area contributed by atoms with Gasteiger partial charge in [-0.1, -0.05) is 58.9 Å². The van der Waals surface area contributed by atoms with E-state index in [1.165, 1.54) is 6.20 Å². The molecule has 1 unspecified atom stereocenters. The van der Waals surface area contributed by atoms with E-state index in [9.17, 15) is 49.5 Å². The largest absolute Gasteiger partial charge is 1.00 e. The molecule has 1 atom stereocenters. The minimum absolute atomic E-state index is 0. The molecule has 310 valence electrons. The molecule has 3 rings (SSSR count). The smallest absolute Gasteiger partial charge is 0.481 e. The van der Waals surface area contributed by atoms with E-state index in [1.807, 2.05) is 27.7 Å². The third kappa shape index (κ3) is 17.3. The monoisotopic (exact) mass is 925 g/mol. The van der Waals surface area contributed by atoms with Crippen molar-refractivity contribution in [3.05, 3.63) is 105 Å². The number of aryl methyl sites for hydroxylation is 3. The zero-order valence-electron chi connectivity index (χ0n) is 33.9. The second-order valence-corrected chi connectivity index (χ2v) is 13.6. The molecular formula is C40H54CsF8N3O4. The minimum atomic E-state index is -4.81. The Bertz CT molecular complexity index is 1740. The summed E-state index contributed by atoms with van der Waals surface area (Å²) in [7, 11) is 0. The summed E-state index contributed by atoms with van der Waals surface area (Å²) in [4.78, 5) is 36.6. The van der Waals surface area contributed by atoms with Crippen LogP contribution in [-0.4, -0.2) is 52.3 Å². The number of halogens is 8. The molecule has 1 saturated heterocycles. The Hall–Kier alpha value is -2.22. The summed E-state index contributed by atoms with van der Waals surface area (Å²) in [6.07, 6.45) is -8.80. The van der Waals surface area contributed by atoms with Gasteiger partial charge in [-0.25, -0.2) is 8.78 Å². The van der Waals surface area contributed by atoms with E-state index in [2.05, 4.69) is 18.4 Å². The molecular weight excluding hydrogens is 871 g/mol. The fourth-order valence-corrected chi connectivity index (χ4v) is 5.98. The van der Waals surface area contributed by atoms with Gasteiger partial charge in [0.2, 0.25) is 5.91 Å². The van der Waals surface area contributed by atoms with Gasteiger partial charge in [0.05, 0.1) is 12.0 Å². The van der Waals surface area contributed by atoms with Crippen LogP contribution < -0.4 is 80.2 Å². The van der Waals surface area contributed by atoms with Crippen molar-refractivity contribution in [2.24, 2.45) is 17.6 Å². The number of carbonyl (C=O) groups excluding carboxylic acids is 1. The number of amides is 1. The van der Waals surface area contributed by atoms with Gasteiger partial charge in [0.15, 0.2) is 5.83 Å². The molecule has 2 heterocycles. The number of aromatic nitrogens is 1.